The van der Waals surface area contributed by atoms with Gasteiger partial charge in [0.25, 0.3) is 0 Å². The van der Waals surface area contributed by atoms with Crippen LogP contribution in [0.2, 0.25) is 0 Å². The first-order chi connectivity index (χ1) is 12.0. The van der Waals surface area contributed by atoms with Gasteiger partial charge in [-0.3, -0.25) is 0 Å². The van der Waals surface area contributed by atoms with Crippen LogP contribution in [0.4, 0.5) is 11.5 Å². The number of methoxy groups -OCH3 is 1. The third kappa shape index (κ3) is 3.28. The normalized spacial score (nSPS) is 12.0. The summed E-state index contributed by atoms with van der Waals surface area (Å²) >= 11 is 0. The number of rotatable bonds is 5. The van der Waals surface area contributed by atoms with E-state index in [-0.39, 0.29) is 6.04 Å². The lowest BCUT2D eigenvalue weighted by Crippen LogP contribution is -2.11. The van der Waals surface area contributed by atoms with Crippen molar-refractivity contribution in [2.24, 2.45) is 0 Å². The predicted octanol–water partition coefficient (Wildman–Crippen LogP) is 4.12. The summed E-state index contributed by atoms with van der Waals surface area (Å²) in [5, 5.41) is 7.37. The van der Waals surface area contributed by atoms with Crippen LogP contribution in [0, 0.1) is 13.8 Å². The summed E-state index contributed by atoms with van der Waals surface area (Å²) in [5.74, 6) is 2.18. The smallest absolute Gasteiger partial charge is 0.150 e. The van der Waals surface area contributed by atoms with Gasteiger partial charge >= 0.3 is 0 Å². The Hall–Kier alpha value is -3.02. The van der Waals surface area contributed by atoms with Gasteiger partial charge in [-0.05, 0) is 39.0 Å². The largest absolute Gasteiger partial charge is 0.496 e. The van der Waals surface area contributed by atoms with E-state index in [1.807, 2.05) is 57.2 Å². The molecule has 2 heterocycles. The molecule has 0 fully saturated rings. The van der Waals surface area contributed by atoms with Gasteiger partial charge in [-0.2, -0.15) is 0 Å². The van der Waals surface area contributed by atoms with Crippen molar-refractivity contribution in [3.8, 4) is 17.0 Å². The van der Waals surface area contributed by atoms with Gasteiger partial charge in [-0.25, -0.2) is 4.98 Å². The number of hydrogen-bond donors (Lipinski definition) is 2. The van der Waals surface area contributed by atoms with Gasteiger partial charge in [-0.1, -0.05) is 23.4 Å². The number of para-hydroxylation sites is 1. The van der Waals surface area contributed by atoms with E-state index >= 15 is 0 Å². The number of aromatic nitrogens is 2. The molecule has 0 saturated heterocycles. The van der Waals surface area contributed by atoms with Crippen molar-refractivity contribution in [2.45, 2.75) is 26.8 Å². The SMILES string of the molecule is COc1ccccc1[C@H](C)Nc1nc(-c2c(C)noc2C)ccc1N. The van der Waals surface area contributed by atoms with Gasteiger partial charge in [0.2, 0.25) is 0 Å². The number of nitrogens with zero attached hydrogens (tertiary/aromatic N) is 2. The van der Waals surface area contributed by atoms with E-state index in [1.54, 1.807) is 7.11 Å². The summed E-state index contributed by atoms with van der Waals surface area (Å²) in [6.07, 6.45) is 0. The number of anilines is 2. The van der Waals surface area contributed by atoms with Gasteiger partial charge in [0.1, 0.15) is 17.3 Å². The first-order valence-electron chi connectivity index (χ1n) is 8.10. The van der Waals surface area contributed by atoms with Crippen molar-refractivity contribution < 1.29 is 9.26 Å². The maximum Gasteiger partial charge on any atom is 0.150 e. The number of aryl methyl sites for hydroxylation is 2. The minimum atomic E-state index is -0.0223. The topological polar surface area (TPSA) is 86.2 Å². The zero-order chi connectivity index (χ0) is 18.0. The van der Waals surface area contributed by atoms with E-state index in [1.165, 1.54) is 0 Å². The third-order valence-electron chi connectivity index (χ3n) is 4.17. The van der Waals surface area contributed by atoms with E-state index in [9.17, 15) is 0 Å². The molecule has 3 N–H and O–H groups in total. The molecule has 6 heteroatoms. The molecule has 0 aliphatic rings. The minimum absolute atomic E-state index is 0.0223. The Labute approximate surface area is 147 Å². The standard InChI is InChI=1S/C19H22N4O2/c1-11(14-7-5-6-8-17(14)24-4)21-19-15(20)9-10-16(22-19)18-12(2)23-25-13(18)3/h5-11H,20H2,1-4H3,(H,21,22)/t11-/m0/s1. The summed E-state index contributed by atoms with van der Waals surface area (Å²) in [5.41, 5.74) is 10.2. The van der Waals surface area contributed by atoms with Crippen LogP contribution in [0.3, 0.4) is 0 Å². The summed E-state index contributed by atoms with van der Waals surface area (Å²) in [7, 11) is 1.66. The Kier molecular flexibility index (Phi) is 4.61. The highest BCUT2D eigenvalue weighted by Crippen LogP contribution is 2.31. The van der Waals surface area contributed by atoms with Crippen LogP contribution in [0.5, 0.6) is 5.75 Å². The molecule has 0 saturated carbocycles. The highest BCUT2D eigenvalue weighted by Gasteiger charge is 2.16. The zero-order valence-electron chi connectivity index (χ0n) is 14.8. The van der Waals surface area contributed by atoms with E-state index in [4.69, 9.17) is 15.0 Å². The Morgan fingerprint density at radius 2 is 1.92 bits per heavy atom. The fraction of sp³-hybridized carbons (Fsp3) is 0.263. The van der Waals surface area contributed by atoms with Crippen LogP contribution in [-0.4, -0.2) is 17.3 Å². The maximum atomic E-state index is 6.12. The zero-order valence-corrected chi connectivity index (χ0v) is 14.8. The van der Waals surface area contributed by atoms with Gasteiger partial charge in [0.15, 0.2) is 0 Å². The van der Waals surface area contributed by atoms with Gasteiger partial charge in [0, 0.05) is 5.56 Å². The van der Waals surface area contributed by atoms with Gasteiger partial charge in [-0.15, -0.1) is 0 Å². The second-order valence-corrected chi connectivity index (χ2v) is 5.94. The van der Waals surface area contributed by atoms with Crippen LogP contribution in [-0.2, 0) is 0 Å². The number of nitrogens with one attached hydrogen (secondary N) is 1. The molecule has 6 nitrogen and oxygen atoms in total. The number of pyridine rings is 1. The van der Waals surface area contributed by atoms with Crippen molar-refractivity contribution in [3.05, 3.63) is 53.4 Å². The Morgan fingerprint density at radius 1 is 1.16 bits per heavy atom. The highest BCUT2D eigenvalue weighted by molar-refractivity contribution is 5.71. The first-order valence-corrected chi connectivity index (χ1v) is 8.10. The monoisotopic (exact) mass is 338 g/mol. The van der Waals surface area contributed by atoms with Crippen LogP contribution in [0.15, 0.2) is 40.9 Å². The summed E-state index contributed by atoms with van der Waals surface area (Å²) in [6.45, 7) is 5.81. The lowest BCUT2D eigenvalue weighted by Gasteiger charge is -2.19. The molecule has 0 aliphatic carbocycles. The van der Waals surface area contributed by atoms with Crippen molar-refractivity contribution in [1.82, 2.24) is 10.1 Å². The first kappa shape index (κ1) is 16.8. The molecular formula is C19H22N4O2. The van der Waals surface area contributed by atoms with E-state index in [0.29, 0.717) is 11.5 Å². The molecule has 3 rings (SSSR count). The van der Waals surface area contributed by atoms with Gasteiger partial charge in [0.05, 0.1) is 35.8 Å². The Morgan fingerprint density at radius 3 is 2.60 bits per heavy atom. The highest BCUT2D eigenvalue weighted by atomic mass is 16.5. The van der Waals surface area contributed by atoms with Crippen LogP contribution in [0.25, 0.3) is 11.3 Å². The van der Waals surface area contributed by atoms with Crippen molar-refractivity contribution in [2.75, 3.05) is 18.2 Å². The molecule has 0 spiro atoms. The van der Waals surface area contributed by atoms with E-state index in [0.717, 1.165) is 34.0 Å². The second-order valence-electron chi connectivity index (χ2n) is 5.94. The Balaban J connectivity index is 1.94. The van der Waals surface area contributed by atoms with Crippen molar-refractivity contribution in [3.63, 3.8) is 0 Å². The van der Waals surface area contributed by atoms with Gasteiger partial charge < -0.3 is 20.3 Å². The number of ether oxygens (including phenoxy) is 1. The lowest BCUT2D eigenvalue weighted by atomic mass is 10.1. The molecule has 1 atom stereocenters. The molecule has 0 aliphatic heterocycles. The average Bonchev–Trinajstić information content (AvgIpc) is 2.95. The summed E-state index contributed by atoms with van der Waals surface area (Å²) in [6, 6.07) is 11.6. The van der Waals surface area contributed by atoms with Crippen LogP contribution in [0.1, 0.15) is 30.0 Å². The van der Waals surface area contributed by atoms with Crippen molar-refractivity contribution >= 4 is 11.5 Å². The second kappa shape index (κ2) is 6.84. The molecule has 0 unspecified atom stereocenters. The number of benzene rings is 1. The molecule has 2 aromatic heterocycles. The van der Waals surface area contributed by atoms with Crippen LogP contribution < -0.4 is 15.8 Å². The van der Waals surface area contributed by atoms with E-state index in [2.05, 4.69) is 15.5 Å². The molecule has 25 heavy (non-hydrogen) atoms. The molecule has 0 radical (unpaired) electrons. The fourth-order valence-electron chi connectivity index (χ4n) is 2.88. The van der Waals surface area contributed by atoms with Crippen molar-refractivity contribution in [1.29, 1.82) is 0 Å². The lowest BCUT2D eigenvalue weighted by molar-refractivity contribution is 0.393. The Bertz CT molecular complexity index is 869. The van der Waals surface area contributed by atoms with Crippen LogP contribution >= 0.6 is 0 Å². The number of nitrogen functional groups attached to an aromatic ring is 1. The predicted molar refractivity (Wildman–Crippen MR) is 98.7 cm³/mol. The maximum absolute atomic E-state index is 6.12. The molecule has 130 valence electrons. The van der Waals surface area contributed by atoms with E-state index < -0.39 is 0 Å². The third-order valence-corrected chi connectivity index (χ3v) is 4.17. The minimum Gasteiger partial charge on any atom is -0.496 e. The molecule has 0 amide bonds. The summed E-state index contributed by atoms with van der Waals surface area (Å²) < 4.78 is 10.7. The quantitative estimate of drug-likeness (QED) is 0.728. The average molecular weight is 338 g/mol. The number of hydrogen-bond acceptors (Lipinski definition) is 6. The molecular weight excluding hydrogens is 316 g/mol. The molecule has 3 aromatic rings. The molecule has 1 aromatic carbocycles. The number of nitrogens with two attached hydrogens (primary N) is 1. The fourth-order valence-corrected chi connectivity index (χ4v) is 2.88. The summed E-state index contributed by atoms with van der Waals surface area (Å²) in [4.78, 5) is 4.68. The molecule has 0 bridgehead atoms.